The first kappa shape index (κ1) is 23.2. The van der Waals surface area contributed by atoms with Crippen LogP contribution in [0.15, 0.2) is 122 Å². The van der Waals surface area contributed by atoms with E-state index in [1.807, 2.05) is 85.3 Å². The molecule has 0 radical (unpaired) electrons. The minimum atomic E-state index is 0.558. The molecule has 5 heterocycles. The van der Waals surface area contributed by atoms with Crippen LogP contribution >= 0.6 is 11.3 Å². The van der Waals surface area contributed by atoms with Crippen LogP contribution in [0.1, 0.15) is 0 Å². The molecule has 9 aromatic rings. The number of pyridine rings is 2. The van der Waals surface area contributed by atoms with Crippen LogP contribution in [0.4, 0.5) is 0 Å². The number of nitrogens with zero attached hydrogens (tertiary/aromatic N) is 6. The Morgan fingerprint density at radius 3 is 2.05 bits per heavy atom. The topological polar surface area (TPSA) is 69.4 Å². The maximum atomic E-state index is 5.12. The highest BCUT2D eigenvalue weighted by Gasteiger charge is 2.24. The summed E-state index contributed by atoms with van der Waals surface area (Å²) in [6, 6.07) is 34.9. The molecule has 0 bridgehead atoms. The molecule has 0 fully saturated rings. The molecule has 4 aromatic carbocycles. The summed E-state index contributed by atoms with van der Waals surface area (Å²) >= 11 is 1.78. The minimum absolute atomic E-state index is 0.558. The van der Waals surface area contributed by atoms with Gasteiger partial charge in [0, 0.05) is 56.0 Å². The predicted molar refractivity (Wildman–Crippen MR) is 171 cm³/mol. The lowest BCUT2D eigenvalue weighted by molar-refractivity contribution is 0.955. The van der Waals surface area contributed by atoms with Gasteiger partial charge in [-0.05, 0) is 29.7 Å². The third kappa shape index (κ3) is 3.34. The monoisotopic (exact) mass is 556 g/mol. The molecule has 7 heteroatoms. The van der Waals surface area contributed by atoms with Gasteiger partial charge in [-0.15, -0.1) is 11.3 Å². The summed E-state index contributed by atoms with van der Waals surface area (Å²) in [5.74, 6) is 1.80. The SMILES string of the molecule is c1ccc(-c2nc(-c3ccccc3)nc(-n3c4cccnc4c4c5ccncc5c5c6ccccc6sc5c43)n2)cc1. The van der Waals surface area contributed by atoms with E-state index in [2.05, 4.69) is 45.9 Å². The smallest absolute Gasteiger partial charge is 0.238 e. The van der Waals surface area contributed by atoms with Crippen LogP contribution in [-0.4, -0.2) is 29.5 Å². The van der Waals surface area contributed by atoms with E-state index >= 15 is 0 Å². The highest BCUT2D eigenvalue weighted by Crippen LogP contribution is 2.47. The van der Waals surface area contributed by atoms with Crippen LogP contribution in [-0.2, 0) is 0 Å². The van der Waals surface area contributed by atoms with E-state index in [9.17, 15) is 0 Å². The molecule has 0 unspecified atom stereocenters. The third-order valence-corrected chi connectivity index (χ3v) is 8.96. The molecule has 0 aliphatic rings. The zero-order valence-corrected chi connectivity index (χ0v) is 23.0. The van der Waals surface area contributed by atoms with Gasteiger partial charge in [0.05, 0.1) is 21.3 Å². The summed E-state index contributed by atoms with van der Waals surface area (Å²) < 4.78 is 4.56. The summed E-state index contributed by atoms with van der Waals surface area (Å²) in [6.07, 6.45) is 5.69. The van der Waals surface area contributed by atoms with E-state index < -0.39 is 0 Å². The van der Waals surface area contributed by atoms with Gasteiger partial charge in [-0.2, -0.15) is 9.97 Å². The van der Waals surface area contributed by atoms with Gasteiger partial charge in [0.2, 0.25) is 5.95 Å². The predicted octanol–water partition coefficient (Wildman–Crippen LogP) is 8.61. The minimum Gasteiger partial charge on any atom is -0.275 e. The molecule has 42 heavy (non-hydrogen) atoms. The molecular weight excluding hydrogens is 536 g/mol. The normalized spacial score (nSPS) is 11.8. The quantitative estimate of drug-likeness (QED) is 0.218. The fourth-order valence-electron chi connectivity index (χ4n) is 5.98. The Labute approximate surface area is 243 Å². The number of aromatic nitrogens is 6. The van der Waals surface area contributed by atoms with Gasteiger partial charge in [-0.3, -0.25) is 14.5 Å². The first-order valence-electron chi connectivity index (χ1n) is 13.7. The fourth-order valence-corrected chi connectivity index (χ4v) is 7.24. The molecule has 0 N–H and O–H groups in total. The molecule has 5 aromatic heterocycles. The molecule has 0 saturated carbocycles. The summed E-state index contributed by atoms with van der Waals surface area (Å²) in [6.45, 7) is 0. The molecule has 0 aliphatic heterocycles. The lowest BCUT2D eigenvalue weighted by Gasteiger charge is -2.11. The number of thiophene rings is 1. The van der Waals surface area contributed by atoms with Crippen molar-refractivity contribution in [2.75, 3.05) is 0 Å². The van der Waals surface area contributed by atoms with Crippen LogP contribution in [0, 0.1) is 0 Å². The van der Waals surface area contributed by atoms with Crippen LogP contribution in [0.25, 0.3) is 81.6 Å². The highest BCUT2D eigenvalue weighted by atomic mass is 32.1. The Kier molecular flexibility index (Phi) is 4.97. The van der Waals surface area contributed by atoms with Crippen molar-refractivity contribution in [3.63, 3.8) is 0 Å². The van der Waals surface area contributed by atoms with Crippen molar-refractivity contribution < 1.29 is 0 Å². The summed E-state index contributed by atoms with van der Waals surface area (Å²) in [5, 5.41) is 5.71. The second-order valence-electron chi connectivity index (χ2n) is 10.2. The maximum Gasteiger partial charge on any atom is 0.238 e. The maximum absolute atomic E-state index is 5.12. The van der Waals surface area contributed by atoms with E-state index in [0.717, 1.165) is 48.5 Å². The van der Waals surface area contributed by atoms with Crippen molar-refractivity contribution in [2.45, 2.75) is 0 Å². The van der Waals surface area contributed by atoms with Gasteiger partial charge in [0.15, 0.2) is 11.6 Å². The Morgan fingerprint density at radius 2 is 1.29 bits per heavy atom. The van der Waals surface area contributed by atoms with Gasteiger partial charge < -0.3 is 0 Å². The first-order valence-corrected chi connectivity index (χ1v) is 14.5. The second kappa shape index (κ2) is 8.99. The number of rotatable bonds is 3. The Bertz CT molecular complexity index is 2410. The largest absolute Gasteiger partial charge is 0.275 e. The number of benzene rings is 4. The molecule has 0 atom stereocenters. The van der Waals surface area contributed by atoms with Gasteiger partial charge in [0.25, 0.3) is 0 Å². The zero-order chi connectivity index (χ0) is 27.6. The summed E-state index contributed by atoms with van der Waals surface area (Å²) in [7, 11) is 0. The van der Waals surface area contributed by atoms with Crippen molar-refractivity contribution in [3.05, 3.63) is 122 Å². The molecule has 0 amide bonds. The van der Waals surface area contributed by atoms with Crippen molar-refractivity contribution in [1.29, 1.82) is 0 Å². The molecule has 0 spiro atoms. The van der Waals surface area contributed by atoms with E-state index in [4.69, 9.17) is 19.9 Å². The highest BCUT2D eigenvalue weighted by molar-refractivity contribution is 7.27. The lowest BCUT2D eigenvalue weighted by atomic mass is 10.0. The molecule has 0 aliphatic carbocycles. The average molecular weight is 557 g/mol. The van der Waals surface area contributed by atoms with Crippen LogP contribution in [0.3, 0.4) is 0 Å². The summed E-state index contributed by atoms with van der Waals surface area (Å²) in [5.41, 5.74) is 4.76. The standard InChI is InChI=1S/C35H20N6S/c1-3-10-21(11-4-1)33-38-34(22-12-5-2-6-13-22)40-35(39-33)41-26-15-9-18-37-30(26)29-23-17-19-36-20-25(23)28-24-14-7-8-16-27(24)42-32(28)31(29)41/h1-20H. The van der Waals surface area contributed by atoms with E-state index in [1.165, 1.54) is 15.5 Å². The molecular formula is C35H20N6S. The van der Waals surface area contributed by atoms with Crippen LogP contribution in [0.2, 0.25) is 0 Å². The van der Waals surface area contributed by atoms with Gasteiger partial charge >= 0.3 is 0 Å². The van der Waals surface area contributed by atoms with Gasteiger partial charge in [-0.1, -0.05) is 78.9 Å². The van der Waals surface area contributed by atoms with E-state index in [-0.39, 0.29) is 0 Å². The Balaban J connectivity index is 1.50. The van der Waals surface area contributed by atoms with Crippen molar-refractivity contribution in [2.24, 2.45) is 0 Å². The third-order valence-electron chi connectivity index (χ3n) is 7.78. The molecule has 6 nitrogen and oxygen atoms in total. The zero-order valence-electron chi connectivity index (χ0n) is 22.1. The van der Waals surface area contributed by atoms with E-state index in [0.29, 0.717) is 17.6 Å². The number of fused-ring (bicyclic) bond motifs is 10. The lowest BCUT2D eigenvalue weighted by Crippen LogP contribution is -2.06. The second-order valence-corrected chi connectivity index (χ2v) is 11.2. The van der Waals surface area contributed by atoms with Gasteiger partial charge in [0.1, 0.15) is 0 Å². The molecule has 9 rings (SSSR count). The van der Waals surface area contributed by atoms with Crippen LogP contribution in [0.5, 0.6) is 0 Å². The molecule has 196 valence electrons. The fraction of sp³-hybridized carbons (Fsp3) is 0. The Hall–Kier alpha value is -5.53. The Morgan fingerprint density at radius 1 is 0.571 bits per heavy atom. The molecule has 0 saturated heterocycles. The summed E-state index contributed by atoms with van der Waals surface area (Å²) in [4.78, 5) is 24.6. The average Bonchev–Trinajstić information content (AvgIpc) is 3.62. The number of hydrogen-bond acceptors (Lipinski definition) is 6. The van der Waals surface area contributed by atoms with Gasteiger partial charge in [-0.25, -0.2) is 4.98 Å². The van der Waals surface area contributed by atoms with Crippen LogP contribution < -0.4 is 0 Å². The number of hydrogen-bond donors (Lipinski definition) is 0. The van der Waals surface area contributed by atoms with Crippen molar-refractivity contribution >= 4 is 64.2 Å². The van der Waals surface area contributed by atoms with Crippen molar-refractivity contribution in [1.82, 2.24) is 29.5 Å². The van der Waals surface area contributed by atoms with E-state index in [1.54, 1.807) is 11.3 Å². The first-order chi connectivity index (χ1) is 20.8. The van der Waals surface area contributed by atoms with Crippen molar-refractivity contribution in [3.8, 4) is 28.7 Å².